The van der Waals surface area contributed by atoms with Gasteiger partial charge in [-0.25, -0.2) is 4.98 Å². The molecule has 1 N–H and O–H groups in total. The van der Waals surface area contributed by atoms with E-state index in [1.54, 1.807) is 4.90 Å². The number of amides is 2. The van der Waals surface area contributed by atoms with Crippen molar-refractivity contribution >= 4 is 44.5 Å². The molecule has 0 bridgehead atoms. The summed E-state index contributed by atoms with van der Waals surface area (Å²) in [6, 6.07) is 15.5. The topological polar surface area (TPSA) is 69.3 Å². The number of nitrogens with one attached hydrogen (secondary N) is 1. The van der Waals surface area contributed by atoms with E-state index in [1.165, 1.54) is 0 Å². The Morgan fingerprint density at radius 1 is 1.14 bits per heavy atom. The number of nitrogens with zero attached hydrogens (tertiary/aromatic N) is 3. The molecule has 2 aromatic carbocycles. The number of likely N-dealkylation sites (tertiary alicyclic amines) is 1. The van der Waals surface area contributed by atoms with Crippen molar-refractivity contribution in [3.05, 3.63) is 58.8 Å². The van der Waals surface area contributed by atoms with E-state index in [2.05, 4.69) is 20.9 Å². The van der Waals surface area contributed by atoms with E-state index in [0.717, 1.165) is 39.9 Å². The Balaban J connectivity index is 1.35. The summed E-state index contributed by atoms with van der Waals surface area (Å²) in [6.45, 7) is 1.15. The number of imidazole rings is 1. The SMILES string of the molecule is O=C1CC(C(=O)N2CCCC2c2nc3ccccc3[nH]2)CN1c1ccc(Br)cc1. The highest BCUT2D eigenvalue weighted by atomic mass is 79.9. The number of halogens is 1. The number of anilines is 1. The molecule has 2 unspecified atom stereocenters. The van der Waals surface area contributed by atoms with Gasteiger partial charge in [0.05, 0.1) is 23.0 Å². The summed E-state index contributed by atoms with van der Waals surface area (Å²) in [6.07, 6.45) is 2.10. The Hall–Kier alpha value is -2.67. The van der Waals surface area contributed by atoms with Gasteiger partial charge in [0.1, 0.15) is 5.82 Å². The average Bonchev–Trinajstić information content (AvgIpc) is 3.45. The minimum atomic E-state index is -0.309. The molecule has 2 aliphatic heterocycles. The van der Waals surface area contributed by atoms with Crippen LogP contribution in [-0.2, 0) is 9.59 Å². The third-order valence-electron chi connectivity index (χ3n) is 5.87. The number of benzene rings is 2. The molecule has 0 saturated carbocycles. The van der Waals surface area contributed by atoms with Crippen molar-refractivity contribution in [2.45, 2.75) is 25.3 Å². The van der Waals surface area contributed by atoms with Gasteiger partial charge in [-0.1, -0.05) is 28.1 Å². The van der Waals surface area contributed by atoms with E-state index in [4.69, 9.17) is 4.98 Å². The molecular formula is C22H21BrN4O2. The zero-order valence-corrected chi connectivity index (χ0v) is 17.4. The zero-order chi connectivity index (χ0) is 20.0. The lowest BCUT2D eigenvalue weighted by Crippen LogP contribution is -2.37. The maximum atomic E-state index is 13.3. The molecule has 5 rings (SSSR count). The van der Waals surface area contributed by atoms with Crippen LogP contribution in [0.2, 0.25) is 0 Å². The molecule has 2 saturated heterocycles. The van der Waals surface area contributed by atoms with Crippen LogP contribution in [0.25, 0.3) is 11.0 Å². The lowest BCUT2D eigenvalue weighted by Gasteiger charge is -2.26. The minimum Gasteiger partial charge on any atom is -0.340 e. The van der Waals surface area contributed by atoms with Gasteiger partial charge >= 0.3 is 0 Å². The van der Waals surface area contributed by atoms with E-state index >= 15 is 0 Å². The highest BCUT2D eigenvalue weighted by Crippen LogP contribution is 2.35. The van der Waals surface area contributed by atoms with Gasteiger partial charge < -0.3 is 14.8 Å². The lowest BCUT2D eigenvalue weighted by atomic mass is 10.1. The summed E-state index contributed by atoms with van der Waals surface area (Å²) in [4.78, 5) is 37.6. The summed E-state index contributed by atoms with van der Waals surface area (Å²) in [5.74, 6) is 0.591. The summed E-state index contributed by atoms with van der Waals surface area (Å²) in [5.41, 5.74) is 2.74. The molecule has 6 nitrogen and oxygen atoms in total. The van der Waals surface area contributed by atoms with Gasteiger partial charge in [0.15, 0.2) is 0 Å². The minimum absolute atomic E-state index is 0.00477. The van der Waals surface area contributed by atoms with Crippen LogP contribution in [0.5, 0.6) is 0 Å². The molecule has 1 aromatic heterocycles. The molecule has 2 aliphatic rings. The third kappa shape index (κ3) is 3.33. The van der Waals surface area contributed by atoms with Crippen LogP contribution in [0.15, 0.2) is 53.0 Å². The molecule has 3 heterocycles. The summed E-state index contributed by atoms with van der Waals surface area (Å²) >= 11 is 3.42. The fourth-order valence-corrected chi connectivity index (χ4v) is 4.69. The van der Waals surface area contributed by atoms with Crippen molar-refractivity contribution in [2.75, 3.05) is 18.0 Å². The first-order valence-electron chi connectivity index (χ1n) is 9.91. The number of hydrogen-bond donors (Lipinski definition) is 1. The molecule has 2 amide bonds. The van der Waals surface area contributed by atoms with Crippen LogP contribution >= 0.6 is 15.9 Å². The highest BCUT2D eigenvalue weighted by molar-refractivity contribution is 9.10. The van der Waals surface area contributed by atoms with E-state index in [0.29, 0.717) is 13.1 Å². The predicted molar refractivity (Wildman–Crippen MR) is 114 cm³/mol. The maximum Gasteiger partial charge on any atom is 0.228 e. The van der Waals surface area contributed by atoms with Crippen LogP contribution in [0, 0.1) is 5.92 Å². The molecule has 3 aromatic rings. The quantitative estimate of drug-likeness (QED) is 0.651. The van der Waals surface area contributed by atoms with Crippen LogP contribution < -0.4 is 4.90 Å². The Bertz CT molecular complexity index is 1040. The fourth-order valence-electron chi connectivity index (χ4n) is 4.42. The third-order valence-corrected chi connectivity index (χ3v) is 6.40. The molecule has 0 radical (unpaired) electrons. The summed E-state index contributed by atoms with van der Waals surface area (Å²) in [5, 5.41) is 0. The number of aromatic nitrogens is 2. The second kappa shape index (κ2) is 7.30. The molecular weight excluding hydrogens is 432 g/mol. The zero-order valence-electron chi connectivity index (χ0n) is 15.8. The van der Waals surface area contributed by atoms with Gasteiger partial charge in [0, 0.05) is 29.7 Å². The normalized spacial score (nSPS) is 22.0. The van der Waals surface area contributed by atoms with Gasteiger partial charge in [-0.3, -0.25) is 9.59 Å². The predicted octanol–water partition coefficient (Wildman–Crippen LogP) is 4.04. The maximum absolute atomic E-state index is 13.3. The number of rotatable bonds is 3. The average molecular weight is 453 g/mol. The summed E-state index contributed by atoms with van der Waals surface area (Å²) in [7, 11) is 0. The van der Waals surface area contributed by atoms with Crippen molar-refractivity contribution in [3.63, 3.8) is 0 Å². The standard InChI is InChI=1S/C22H21BrN4O2/c23-15-7-9-16(10-8-15)27-13-14(12-20(27)28)22(29)26-11-3-6-19(26)21-24-17-4-1-2-5-18(17)25-21/h1-2,4-5,7-10,14,19H,3,6,11-13H2,(H,24,25). The molecule has 148 valence electrons. The van der Waals surface area contributed by atoms with Crippen molar-refractivity contribution in [2.24, 2.45) is 5.92 Å². The molecule has 29 heavy (non-hydrogen) atoms. The van der Waals surface area contributed by atoms with Crippen molar-refractivity contribution in [3.8, 4) is 0 Å². The smallest absolute Gasteiger partial charge is 0.228 e. The highest BCUT2D eigenvalue weighted by Gasteiger charge is 2.41. The van der Waals surface area contributed by atoms with Crippen LogP contribution in [0.3, 0.4) is 0 Å². The van der Waals surface area contributed by atoms with Crippen LogP contribution in [0.4, 0.5) is 5.69 Å². The summed E-state index contributed by atoms with van der Waals surface area (Å²) < 4.78 is 0.964. The van der Waals surface area contributed by atoms with Gasteiger partial charge in [0.25, 0.3) is 0 Å². The van der Waals surface area contributed by atoms with Gasteiger partial charge in [-0.15, -0.1) is 0 Å². The van der Waals surface area contributed by atoms with Crippen molar-refractivity contribution in [1.29, 1.82) is 0 Å². The van der Waals surface area contributed by atoms with Gasteiger partial charge in [-0.2, -0.15) is 0 Å². The van der Waals surface area contributed by atoms with E-state index < -0.39 is 0 Å². The van der Waals surface area contributed by atoms with Crippen molar-refractivity contribution < 1.29 is 9.59 Å². The number of H-pyrrole nitrogens is 1. The van der Waals surface area contributed by atoms with Crippen LogP contribution in [0.1, 0.15) is 31.1 Å². The molecule has 2 atom stereocenters. The number of fused-ring (bicyclic) bond motifs is 1. The Kier molecular flexibility index (Phi) is 4.62. The Labute approximate surface area is 177 Å². The molecule has 0 aliphatic carbocycles. The van der Waals surface area contributed by atoms with E-state index in [1.807, 2.05) is 53.4 Å². The molecule has 0 spiro atoms. The number of para-hydroxylation sites is 2. The van der Waals surface area contributed by atoms with Gasteiger partial charge in [-0.05, 0) is 49.2 Å². The lowest BCUT2D eigenvalue weighted by molar-refractivity contribution is -0.136. The van der Waals surface area contributed by atoms with Crippen LogP contribution in [-0.4, -0.2) is 39.8 Å². The Morgan fingerprint density at radius 3 is 2.72 bits per heavy atom. The first-order valence-corrected chi connectivity index (χ1v) is 10.7. The number of hydrogen-bond acceptors (Lipinski definition) is 3. The van der Waals surface area contributed by atoms with Gasteiger partial charge in [0.2, 0.25) is 11.8 Å². The number of carbonyl (C=O) groups excluding carboxylic acids is 2. The second-order valence-electron chi connectivity index (χ2n) is 7.71. The monoisotopic (exact) mass is 452 g/mol. The first-order chi connectivity index (χ1) is 14.1. The fraction of sp³-hybridized carbons (Fsp3) is 0.318. The number of carbonyl (C=O) groups is 2. The number of aromatic amines is 1. The molecule has 2 fully saturated rings. The van der Waals surface area contributed by atoms with Crippen molar-refractivity contribution in [1.82, 2.24) is 14.9 Å². The van der Waals surface area contributed by atoms with E-state index in [-0.39, 0.29) is 30.2 Å². The molecule has 7 heteroatoms. The Morgan fingerprint density at radius 2 is 1.93 bits per heavy atom. The first kappa shape index (κ1) is 18.4. The largest absolute Gasteiger partial charge is 0.340 e. The second-order valence-corrected chi connectivity index (χ2v) is 8.63. The van der Waals surface area contributed by atoms with E-state index in [9.17, 15) is 9.59 Å².